The maximum absolute atomic E-state index is 12.0. The summed E-state index contributed by atoms with van der Waals surface area (Å²) in [5.74, 6) is 0.197. The molecule has 92 valence electrons. The summed E-state index contributed by atoms with van der Waals surface area (Å²) in [7, 11) is 5.96. The van der Waals surface area contributed by atoms with Crippen LogP contribution in [0.15, 0.2) is 12.2 Å². The number of hydrogen-bond acceptors (Lipinski definition) is 3. The second-order valence-corrected chi connectivity index (χ2v) is 4.81. The topological polar surface area (TPSA) is 49.6 Å². The highest BCUT2D eigenvalue weighted by atomic mass is 16.2. The molecule has 0 fully saturated rings. The lowest BCUT2D eigenvalue weighted by Gasteiger charge is -2.21. The van der Waals surface area contributed by atoms with E-state index in [4.69, 9.17) is 5.73 Å². The molecule has 0 aromatic heterocycles. The molecule has 2 atom stereocenters. The van der Waals surface area contributed by atoms with Gasteiger partial charge in [0.1, 0.15) is 0 Å². The van der Waals surface area contributed by atoms with Crippen molar-refractivity contribution in [1.82, 2.24) is 9.80 Å². The van der Waals surface area contributed by atoms with Gasteiger partial charge in [-0.15, -0.1) is 0 Å². The van der Waals surface area contributed by atoms with E-state index in [1.807, 2.05) is 38.2 Å². The van der Waals surface area contributed by atoms with E-state index < -0.39 is 0 Å². The minimum absolute atomic E-state index is 0.000596. The number of nitrogens with two attached hydrogens (primary N) is 1. The van der Waals surface area contributed by atoms with E-state index in [1.54, 1.807) is 0 Å². The number of carbonyl (C=O) groups excluding carboxylic acids is 1. The Morgan fingerprint density at radius 3 is 2.50 bits per heavy atom. The Morgan fingerprint density at radius 1 is 1.31 bits per heavy atom. The first-order valence-corrected chi connectivity index (χ1v) is 5.84. The van der Waals surface area contributed by atoms with Gasteiger partial charge in [0.15, 0.2) is 0 Å². The van der Waals surface area contributed by atoms with Gasteiger partial charge in [-0.3, -0.25) is 4.79 Å². The molecule has 0 saturated carbocycles. The Hall–Kier alpha value is -0.870. The first-order valence-electron chi connectivity index (χ1n) is 5.84. The summed E-state index contributed by atoms with van der Waals surface area (Å²) in [6.07, 6.45) is 5.64. The van der Waals surface area contributed by atoms with Crippen molar-refractivity contribution in [3.8, 4) is 0 Å². The van der Waals surface area contributed by atoms with Crippen molar-refractivity contribution >= 4 is 5.91 Å². The van der Waals surface area contributed by atoms with E-state index in [1.165, 1.54) is 0 Å². The summed E-state index contributed by atoms with van der Waals surface area (Å²) in [6, 6.07) is 0.0594. The van der Waals surface area contributed by atoms with E-state index in [-0.39, 0.29) is 17.9 Å². The summed E-state index contributed by atoms with van der Waals surface area (Å²) in [5.41, 5.74) is 5.74. The number of rotatable bonds is 5. The van der Waals surface area contributed by atoms with Crippen molar-refractivity contribution in [2.24, 2.45) is 11.7 Å². The third-order valence-corrected chi connectivity index (χ3v) is 2.91. The fraction of sp³-hybridized carbons (Fsp3) is 0.750. The maximum Gasteiger partial charge on any atom is 0.229 e. The quantitative estimate of drug-likeness (QED) is 0.685. The van der Waals surface area contributed by atoms with Crippen LogP contribution in [0.5, 0.6) is 0 Å². The monoisotopic (exact) mass is 225 g/mol. The van der Waals surface area contributed by atoms with Crippen molar-refractivity contribution in [1.29, 1.82) is 0 Å². The van der Waals surface area contributed by atoms with Gasteiger partial charge < -0.3 is 15.5 Å². The molecular formula is C12H23N3O. The third-order valence-electron chi connectivity index (χ3n) is 2.91. The molecule has 4 nitrogen and oxygen atoms in total. The van der Waals surface area contributed by atoms with Gasteiger partial charge in [-0.05, 0) is 33.5 Å². The van der Waals surface area contributed by atoms with Crippen LogP contribution in [-0.2, 0) is 4.79 Å². The first-order chi connectivity index (χ1) is 7.50. The number of nitrogens with zero attached hydrogens (tertiary/aromatic N) is 2. The Kier molecular flexibility index (Phi) is 4.96. The zero-order chi connectivity index (χ0) is 12.1. The SMILES string of the molecule is CN(C)CCCN(C)C(=O)C1C=CC(N)C1. The van der Waals surface area contributed by atoms with Gasteiger partial charge in [0, 0.05) is 19.6 Å². The molecule has 1 aliphatic rings. The Labute approximate surface area is 98.1 Å². The van der Waals surface area contributed by atoms with Gasteiger partial charge in [-0.2, -0.15) is 0 Å². The predicted octanol–water partition coefficient (Wildman–Crippen LogP) is 0.300. The standard InChI is InChI=1S/C12H23N3O/c1-14(2)7-4-8-15(3)12(16)10-5-6-11(13)9-10/h5-6,10-11H,4,7-9,13H2,1-3H3. The molecular weight excluding hydrogens is 202 g/mol. The van der Waals surface area contributed by atoms with E-state index >= 15 is 0 Å². The van der Waals surface area contributed by atoms with Crippen LogP contribution in [0.25, 0.3) is 0 Å². The van der Waals surface area contributed by atoms with Crippen LogP contribution >= 0.6 is 0 Å². The van der Waals surface area contributed by atoms with Gasteiger partial charge in [0.2, 0.25) is 5.91 Å². The summed E-state index contributed by atoms with van der Waals surface area (Å²) >= 11 is 0. The molecule has 0 heterocycles. The van der Waals surface area contributed by atoms with Crippen LogP contribution in [-0.4, -0.2) is 56.0 Å². The Morgan fingerprint density at radius 2 is 2.00 bits per heavy atom. The fourth-order valence-corrected chi connectivity index (χ4v) is 1.93. The molecule has 0 radical (unpaired) electrons. The Bertz CT molecular complexity index is 263. The van der Waals surface area contributed by atoms with Crippen LogP contribution in [0.3, 0.4) is 0 Å². The number of hydrogen-bond donors (Lipinski definition) is 1. The van der Waals surface area contributed by atoms with Crippen molar-refractivity contribution in [3.63, 3.8) is 0 Å². The molecule has 0 aliphatic heterocycles. The second-order valence-electron chi connectivity index (χ2n) is 4.81. The second kappa shape index (κ2) is 6.01. The molecule has 0 aromatic carbocycles. The lowest BCUT2D eigenvalue weighted by Crippen LogP contribution is -2.34. The average Bonchev–Trinajstić information content (AvgIpc) is 2.63. The van der Waals surface area contributed by atoms with Crippen LogP contribution in [0, 0.1) is 5.92 Å². The Balaban J connectivity index is 2.28. The highest BCUT2D eigenvalue weighted by Gasteiger charge is 2.24. The van der Waals surface area contributed by atoms with E-state index in [9.17, 15) is 4.79 Å². The lowest BCUT2D eigenvalue weighted by atomic mass is 10.1. The molecule has 2 N–H and O–H groups in total. The van der Waals surface area contributed by atoms with Gasteiger partial charge in [-0.25, -0.2) is 0 Å². The van der Waals surface area contributed by atoms with E-state index in [0.717, 1.165) is 25.9 Å². The van der Waals surface area contributed by atoms with Crippen LogP contribution in [0.4, 0.5) is 0 Å². The third kappa shape index (κ3) is 3.94. The molecule has 1 aliphatic carbocycles. The zero-order valence-corrected chi connectivity index (χ0v) is 10.5. The van der Waals surface area contributed by atoms with E-state index in [0.29, 0.717) is 0 Å². The molecule has 0 bridgehead atoms. The lowest BCUT2D eigenvalue weighted by molar-refractivity contribution is -0.132. The number of carbonyl (C=O) groups is 1. The zero-order valence-electron chi connectivity index (χ0n) is 10.5. The molecule has 0 saturated heterocycles. The maximum atomic E-state index is 12.0. The smallest absolute Gasteiger partial charge is 0.229 e. The largest absolute Gasteiger partial charge is 0.345 e. The highest BCUT2D eigenvalue weighted by molar-refractivity contribution is 5.81. The fourth-order valence-electron chi connectivity index (χ4n) is 1.93. The molecule has 1 amide bonds. The molecule has 0 aromatic rings. The van der Waals surface area contributed by atoms with Crippen LogP contribution in [0.1, 0.15) is 12.8 Å². The predicted molar refractivity (Wildman–Crippen MR) is 66.0 cm³/mol. The van der Waals surface area contributed by atoms with Crippen LogP contribution < -0.4 is 5.73 Å². The molecule has 4 heteroatoms. The number of amides is 1. The molecule has 16 heavy (non-hydrogen) atoms. The van der Waals surface area contributed by atoms with Crippen LogP contribution in [0.2, 0.25) is 0 Å². The van der Waals surface area contributed by atoms with Gasteiger partial charge in [-0.1, -0.05) is 12.2 Å². The summed E-state index contributed by atoms with van der Waals surface area (Å²) in [5, 5.41) is 0. The van der Waals surface area contributed by atoms with Crippen molar-refractivity contribution in [2.45, 2.75) is 18.9 Å². The average molecular weight is 225 g/mol. The first kappa shape index (κ1) is 13.2. The minimum Gasteiger partial charge on any atom is -0.345 e. The summed E-state index contributed by atoms with van der Waals surface area (Å²) in [6.45, 7) is 1.83. The van der Waals surface area contributed by atoms with E-state index in [2.05, 4.69) is 4.90 Å². The summed E-state index contributed by atoms with van der Waals surface area (Å²) in [4.78, 5) is 15.9. The van der Waals surface area contributed by atoms with Gasteiger partial charge in [0.25, 0.3) is 0 Å². The van der Waals surface area contributed by atoms with Crippen molar-refractivity contribution < 1.29 is 4.79 Å². The van der Waals surface area contributed by atoms with Crippen molar-refractivity contribution in [2.75, 3.05) is 34.2 Å². The molecule has 2 unspecified atom stereocenters. The highest BCUT2D eigenvalue weighted by Crippen LogP contribution is 2.18. The molecule has 0 spiro atoms. The van der Waals surface area contributed by atoms with Gasteiger partial charge in [0.05, 0.1) is 5.92 Å². The minimum atomic E-state index is -0.000596. The summed E-state index contributed by atoms with van der Waals surface area (Å²) < 4.78 is 0. The normalized spacial score (nSPS) is 24.1. The van der Waals surface area contributed by atoms with Crippen molar-refractivity contribution in [3.05, 3.63) is 12.2 Å². The van der Waals surface area contributed by atoms with Gasteiger partial charge >= 0.3 is 0 Å². The molecule has 1 rings (SSSR count).